The van der Waals surface area contributed by atoms with Crippen LogP contribution in [-0.4, -0.2) is 83.1 Å². The number of nitrogens with one attached hydrogen (secondary N) is 2. The van der Waals surface area contributed by atoms with Crippen LogP contribution in [0.4, 0.5) is 11.5 Å². The number of hydrogen-bond acceptors (Lipinski definition) is 7. The summed E-state index contributed by atoms with van der Waals surface area (Å²) in [5.41, 5.74) is 5.35. The molecule has 2 aromatic heterocycles. The molecule has 2 fully saturated rings. The average Bonchev–Trinajstić information content (AvgIpc) is 3.61. The lowest BCUT2D eigenvalue weighted by atomic mass is 10.1. The van der Waals surface area contributed by atoms with Gasteiger partial charge in [-0.2, -0.15) is 5.10 Å². The number of hydrogen-bond donors (Lipinski definition) is 2. The Morgan fingerprint density at radius 2 is 1.76 bits per heavy atom. The molecular weight excluding hydrogens is 530 g/mol. The second kappa shape index (κ2) is 11.3. The van der Waals surface area contributed by atoms with Gasteiger partial charge in [0.05, 0.1) is 43.9 Å². The molecule has 0 aliphatic carbocycles. The summed E-state index contributed by atoms with van der Waals surface area (Å²) >= 11 is 0. The highest BCUT2D eigenvalue weighted by Gasteiger charge is 2.29. The number of para-hydroxylation sites is 2. The highest BCUT2D eigenvalue weighted by atomic mass is 16.5. The SMILES string of the molecule is COc1ccc(Cn2nc(NC(=O)c3ccc(N4CCN(C5COC5)CC4)cc3)cc2-c2nc3ccccc3[nH]2)cc1. The number of ether oxygens (including phenoxy) is 2. The molecule has 10 nitrogen and oxygen atoms in total. The second-order valence-corrected chi connectivity index (χ2v) is 10.7. The number of H-pyrrole nitrogens is 1. The predicted octanol–water partition coefficient (Wildman–Crippen LogP) is 4.26. The van der Waals surface area contributed by atoms with Crippen LogP contribution in [0.1, 0.15) is 15.9 Å². The maximum atomic E-state index is 13.3. The van der Waals surface area contributed by atoms with E-state index in [2.05, 4.69) is 20.1 Å². The number of carbonyl (C=O) groups excluding carboxylic acids is 1. The van der Waals surface area contributed by atoms with Gasteiger partial charge >= 0.3 is 0 Å². The van der Waals surface area contributed by atoms with Gasteiger partial charge in [0.25, 0.3) is 5.91 Å². The molecule has 3 aromatic carbocycles. The van der Waals surface area contributed by atoms with Gasteiger partial charge in [0.1, 0.15) is 11.4 Å². The van der Waals surface area contributed by atoms with Crippen molar-refractivity contribution in [3.8, 4) is 17.3 Å². The molecule has 2 aliphatic heterocycles. The zero-order valence-electron chi connectivity index (χ0n) is 23.5. The van der Waals surface area contributed by atoms with Crippen molar-refractivity contribution in [3.63, 3.8) is 0 Å². The van der Waals surface area contributed by atoms with Crippen LogP contribution in [0.25, 0.3) is 22.6 Å². The lowest BCUT2D eigenvalue weighted by Crippen LogP contribution is -2.56. The predicted molar refractivity (Wildman–Crippen MR) is 162 cm³/mol. The van der Waals surface area contributed by atoms with Crippen LogP contribution in [0.2, 0.25) is 0 Å². The van der Waals surface area contributed by atoms with E-state index < -0.39 is 0 Å². The lowest BCUT2D eigenvalue weighted by molar-refractivity contribution is -0.0660. The van der Waals surface area contributed by atoms with Crippen LogP contribution in [-0.2, 0) is 11.3 Å². The molecule has 0 atom stereocenters. The molecular formula is C32H33N7O3. The lowest BCUT2D eigenvalue weighted by Gasteiger charge is -2.43. The van der Waals surface area contributed by atoms with Crippen LogP contribution in [0.5, 0.6) is 5.75 Å². The number of benzene rings is 3. The highest BCUT2D eigenvalue weighted by Crippen LogP contribution is 2.26. The summed E-state index contributed by atoms with van der Waals surface area (Å²) in [5.74, 6) is 1.74. The largest absolute Gasteiger partial charge is 0.497 e. The fraction of sp³-hybridized carbons (Fsp3) is 0.281. The van der Waals surface area contributed by atoms with E-state index in [0.717, 1.165) is 73.1 Å². The van der Waals surface area contributed by atoms with Crippen LogP contribution in [0.3, 0.4) is 0 Å². The van der Waals surface area contributed by atoms with Gasteiger partial charge < -0.3 is 24.7 Å². The maximum absolute atomic E-state index is 13.3. The number of rotatable bonds is 8. The molecule has 42 heavy (non-hydrogen) atoms. The topological polar surface area (TPSA) is 101 Å². The van der Waals surface area contributed by atoms with Gasteiger partial charge in [0.2, 0.25) is 0 Å². The minimum absolute atomic E-state index is 0.207. The first-order valence-corrected chi connectivity index (χ1v) is 14.3. The number of anilines is 2. The highest BCUT2D eigenvalue weighted by molar-refractivity contribution is 6.04. The molecule has 5 aromatic rings. The molecule has 2 saturated heterocycles. The Balaban J connectivity index is 1.08. The summed E-state index contributed by atoms with van der Waals surface area (Å²) in [6.45, 7) is 6.21. The molecule has 7 rings (SSSR count). The van der Waals surface area contributed by atoms with E-state index in [-0.39, 0.29) is 5.91 Å². The minimum atomic E-state index is -0.207. The van der Waals surface area contributed by atoms with E-state index >= 15 is 0 Å². The maximum Gasteiger partial charge on any atom is 0.256 e. The molecule has 2 aliphatic rings. The van der Waals surface area contributed by atoms with Gasteiger partial charge in [-0.1, -0.05) is 24.3 Å². The Bertz CT molecular complexity index is 1650. The molecule has 10 heteroatoms. The first-order valence-electron chi connectivity index (χ1n) is 14.3. The number of imidazole rings is 1. The van der Waals surface area contributed by atoms with Gasteiger partial charge in [0.15, 0.2) is 11.6 Å². The fourth-order valence-electron chi connectivity index (χ4n) is 5.56. The summed E-state index contributed by atoms with van der Waals surface area (Å²) in [6, 6.07) is 26.0. The van der Waals surface area contributed by atoms with Crippen molar-refractivity contribution in [3.05, 3.63) is 90.0 Å². The van der Waals surface area contributed by atoms with E-state index in [9.17, 15) is 4.79 Å². The molecule has 0 unspecified atom stereocenters. The molecule has 4 heterocycles. The number of aromatic nitrogens is 4. The average molecular weight is 564 g/mol. The summed E-state index contributed by atoms with van der Waals surface area (Å²) in [5, 5.41) is 7.75. The van der Waals surface area contributed by atoms with Crippen molar-refractivity contribution in [2.45, 2.75) is 12.6 Å². The quantitative estimate of drug-likeness (QED) is 0.291. The van der Waals surface area contributed by atoms with Crippen molar-refractivity contribution in [2.75, 3.05) is 56.7 Å². The Kier molecular flexibility index (Phi) is 7.06. The number of nitrogens with zero attached hydrogens (tertiary/aromatic N) is 5. The number of amides is 1. The Morgan fingerprint density at radius 1 is 1.00 bits per heavy atom. The van der Waals surface area contributed by atoms with Crippen LogP contribution in [0.15, 0.2) is 78.9 Å². The summed E-state index contributed by atoms with van der Waals surface area (Å²) < 4.78 is 12.5. The molecule has 214 valence electrons. The van der Waals surface area contributed by atoms with Crippen LogP contribution < -0.4 is 15.0 Å². The second-order valence-electron chi connectivity index (χ2n) is 10.7. The van der Waals surface area contributed by atoms with E-state index in [1.807, 2.05) is 83.5 Å². The van der Waals surface area contributed by atoms with E-state index in [1.165, 1.54) is 0 Å². The molecule has 0 spiro atoms. The molecule has 0 bridgehead atoms. The number of carbonyl (C=O) groups is 1. The van der Waals surface area contributed by atoms with E-state index in [1.54, 1.807) is 7.11 Å². The van der Waals surface area contributed by atoms with Gasteiger partial charge in [-0.25, -0.2) is 4.98 Å². The van der Waals surface area contributed by atoms with Gasteiger partial charge in [0, 0.05) is 43.5 Å². The third kappa shape index (κ3) is 5.34. The summed E-state index contributed by atoms with van der Waals surface area (Å²) in [7, 11) is 1.65. The third-order valence-electron chi connectivity index (χ3n) is 8.09. The first kappa shape index (κ1) is 26.2. The number of fused-ring (bicyclic) bond motifs is 1. The number of piperazine rings is 1. The monoisotopic (exact) mass is 563 g/mol. The Labute approximate surface area is 243 Å². The van der Waals surface area contributed by atoms with Crippen molar-refractivity contribution < 1.29 is 14.3 Å². The van der Waals surface area contributed by atoms with Gasteiger partial charge in [-0.05, 0) is 54.1 Å². The van der Waals surface area contributed by atoms with Gasteiger partial charge in [-0.15, -0.1) is 0 Å². The Hall–Kier alpha value is -4.67. The standard InChI is InChI=1S/C32H33N7O3/c1-41-26-12-6-22(7-13-26)19-39-29(31-33-27-4-2-3-5-28(27)34-31)18-30(36-39)35-32(40)23-8-10-24(11-9-23)37-14-16-38(17-15-37)25-20-42-21-25/h2-13,18,25H,14-17,19-21H2,1H3,(H,33,34)(H,35,36,40). The van der Waals surface area contributed by atoms with Crippen molar-refractivity contribution >= 4 is 28.4 Å². The smallest absolute Gasteiger partial charge is 0.256 e. The summed E-state index contributed by atoms with van der Waals surface area (Å²) in [6.07, 6.45) is 0. The van der Waals surface area contributed by atoms with Gasteiger partial charge in [-0.3, -0.25) is 14.4 Å². The Morgan fingerprint density at radius 3 is 2.45 bits per heavy atom. The number of methoxy groups -OCH3 is 1. The first-order chi connectivity index (χ1) is 20.6. The van der Waals surface area contributed by atoms with E-state index in [0.29, 0.717) is 29.8 Å². The fourth-order valence-corrected chi connectivity index (χ4v) is 5.56. The van der Waals surface area contributed by atoms with Crippen molar-refractivity contribution in [1.29, 1.82) is 0 Å². The zero-order valence-corrected chi connectivity index (χ0v) is 23.5. The van der Waals surface area contributed by atoms with Crippen LogP contribution in [0, 0.1) is 0 Å². The van der Waals surface area contributed by atoms with E-state index in [4.69, 9.17) is 19.6 Å². The molecule has 0 saturated carbocycles. The van der Waals surface area contributed by atoms with Crippen molar-refractivity contribution in [2.24, 2.45) is 0 Å². The van der Waals surface area contributed by atoms with Crippen LogP contribution >= 0.6 is 0 Å². The molecule has 0 radical (unpaired) electrons. The normalized spacial score (nSPS) is 16.0. The minimum Gasteiger partial charge on any atom is -0.497 e. The molecule has 1 amide bonds. The molecule has 2 N–H and O–H groups in total. The zero-order chi connectivity index (χ0) is 28.5. The number of aromatic amines is 1. The summed E-state index contributed by atoms with van der Waals surface area (Å²) in [4.78, 5) is 26.3. The third-order valence-corrected chi connectivity index (χ3v) is 8.09. The van der Waals surface area contributed by atoms with Crippen molar-refractivity contribution in [1.82, 2.24) is 24.6 Å².